The molecule has 0 saturated carbocycles. The van der Waals surface area contributed by atoms with E-state index in [0.717, 1.165) is 12.3 Å². The standard InChI is InChI=1S/C4H7N3/c1-2-4-5-3-6-7-4/h2-3H2,1H3. The monoisotopic (exact) mass is 97.1 g/mol. The first-order valence-electron chi connectivity index (χ1n) is 2.34. The van der Waals surface area contributed by atoms with Crippen molar-refractivity contribution >= 4 is 5.84 Å². The molecule has 1 rings (SSSR count). The van der Waals surface area contributed by atoms with Gasteiger partial charge in [0, 0.05) is 6.42 Å². The van der Waals surface area contributed by atoms with E-state index in [-0.39, 0.29) is 0 Å². The van der Waals surface area contributed by atoms with Gasteiger partial charge in [-0.2, -0.15) is 5.11 Å². The van der Waals surface area contributed by atoms with Gasteiger partial charge in [0.05, 0.1) is 0 Å². The van der Waals surface area contributed by atoms with Gasteiger partial charge in [-0.15, -0.1) is 5.11 Å². The van der Waals surface area contributed by atoms with Gasteiger partial charge in [0.1, 0.15) is 5.84 Å². The van der Waals surface area contributed by atoms with Crippen molar-refractivity contribution in [1.29, 1.82) is 0 Å². The van der Waals surface area contributed by atoms with E-state index >= 15 is 0 Å². The third-order valence-electron chi connectivity index (χ3n) is 0.819. The predicted molar refractivity (Wildman–Crippen MR) is 27.4 cm³/mol. The molecule has 7 heavy (non-hydrogen) atoms. The Morgan fingerprint density at radius 2 is 2.57 bits per heavy atom. The number of aliphatic imine (C=N–C) groups is 1. The molecule has 3 heteroatoms. The SMILES string of the molecule is CCC1=NCN=N1. The van der Waals surface area contributed by atoms with Gasteiger partial charge in [-0.25, -0.2) is 4.99 Å². The van der Waals surface area contributed by atoms with Crippen LogP contribution in [0.1, 0.15) is 13.3 Å². The van der Waals surface area contributed by atoms with Crippen molar-refractivity contribution in [1.82, 2.24) is 0 Å². The molecule has 1 aliphatic heterocycles. The van der Waals surface area contributed by atoms with E-state index in [0.29, 0.717) is 6.67 Å². The van der Waals surface area contributed by atoms with E-state index < -0.39 is 0 Å². The number of amidine groups is 1. The summed E-state index contributed by atoms with van der Waals surface area (Å²) in [5, 5.41) is 7.39. The van der Waals surface area contributed by atoms with Crippen LogP contribution in [0, 0.1) is 0 Å². The van der Waals surface area contributed by atoms with E-state index in [4.69, 9.17) is 0 Å². The molecule has 0 spiro atoms. The number of azo groups is 1. The third kappa shape index (κ3) is 0.824. The van der Waals surface area contributed by atoms with Gasteiger partial charge in [0.2, 0.25) is 0 Å². The highest BCUT2D eigenvalue weighted by atomic mass is 15.2. The largest absolute Gasteiger partial charge is 0.243 e. The van der Waals surface area contributed by atoms with Gasteiger partial charge in [-0.1, -0.05) is 6.92 Å². The molecule has 0 fully saturated rings. The van der Waals surface area contributed by atoms with Crippen LogP contribution in [0.25, 0.3) is 0 Å². The third-order valence-corrected chi connectivity index (χ3v) is 0.819. The summed E-state index contributed by atoms with van der Waals surface area (Å²) in [6.45, 7) is 2.56. The van der Waals surface area contributed by atoms with Crippen LogP contribution >= 0.6 is 0 Å². The fourth-order valence-corrected chi connectivity index (χ4v) is 0.441. The molecule has 0 aromatic rings. The second kappa shape index (κ2) is 1.82. The number of rotatable bonds is 1. The molecule has 0 saturated heterocycles. The Morgan fingerprint density at radius 1 is 1.71 bits per heavy atom. The summed E-state index contributed by atoms with van der Waals surface area (Å²) in [6, 6.07) is 0. The van der Waals surface area contributed by atoms with Crippen LogP contribution < -0.4 is 0 Å². The molecule has 0 aromatic carbocycles. The van der Waals surface area contributed by atoms with Crippen LogP contribution in [0.2, 0.25) is 0 Å². The molecular weight excluding hydrogens is 90.1 g/mol. The Bertz CT molecular complexity index is 114. The molecule has 0 bridgehead atoms. The molecule has 3 nitrogen and oxygen atoms in total. The summed E-state index contributed by atoms with van der Waals surface area (Å²) in [5.74, 6) is 0.875. The van der Waals surface area contributed by atoms with E-state index in [1.807, 2.05) is 6.92 Å². The molecule has 0 amide bonds. The summed E-state index contributed by atoms with van der Waals surface area (Å²) in [7, 11) is 0. The van der Waals surface area contributed by atoms with Crippen LogP contribution in [-0.2, 0) is 0 Å². The van der Waals surface area contributed by atoms with E-state index in [1.54, 1.807) is 0 Å². The predicted octanol–water partition coefficient (Wildman–Crippen LogP) is 1.22. The lowest BCUT2D eigenvalue weighted by Gasteiger charge is -1.78. The van der Waals surface area contributed by atoms with Crippen molar-refractivity contribution in [3.63, 3.8) is 0 Å². The van der Waals surface area contributed by atoms with Crippen LogP contribution in [0.4, 0.5) is 0 Å². The zero-order chi connectivity index (χ0) is 5.11. The molecule has 0 aromatic heterocycles. The lowest BCUT2D eigenvalue weighted by molar-refractivity contribution is 1.05. The van der Waals surface area contributed by atoms with Crippen molar-refractivity contribution < 1.29 is 0 Å². The molecular formula is C4H7N3. The highest BCUT2D eigenvalue weighted by molar-refractivity contribution is 5.82. The Kier molecular flexibility index (Phi) is 1.15. The minimum Gasteiger partial charge on any atom is -0.243 e. The Labute approximate surface area is 42.2 Å². The van der Waals surface area contributed by atoms with Crippen LogP contribution in [0.5, 0.6) is 0 Å². The summed E-state index contributed by atoms with van der Waals surface area (Å²) in [6.07, 6.45) is 0.906. The maximum Gasteiger partial charge on any atom is 0.152 e. The first kappa shape index (κ1) is 4.43. The Hall–Kier alpha value is -0.730. The molecule has 1 aliphatic rings. The molecule has 0 aliphatic carbocycles. The molecule has 0 atom stereocenters. The van der Waals surface area contributed by atoms with Crippen molar-refractivity contribution in [3.05, 3.63) is 0 Å². The topological polar surface area (TPSA) is 37.1 Å². The second-order valence-electron chi connectivity index (χ2n) is 1.31. The first-order chi connectivity index (χ1) is 3.43. The highest BCUT2D eigenvalue weighted by Crippen LogP contribution is 1.96. The van der Waals surface area contributed by atoms with Gasteiger partial charge in [-0.3, -0.25) is 0 Å². The first-order valence-corrected chi connectivity index (χ1v) is 2.34. The maximum atomic E-state index is 3.94. The number of hydrogen-bond acceptors (Lipinski definition) is 3. The quantitative estimate of drug-likeness (QED) is 0.471. The van der Waals surface area contributed by atoms with Crippen molar-refractivity contribution in [2.75, 3.05) is 6.67 Å². The van der Waals surface area contributed by atoms with Crippen molar-refractivity contribution in [3.8, 4) is 0 Å². The Balaban J connectivity index is 2.52. The van der Waals surface area contributed by atoms with E-state index in [1.165, 1.54) is 0 Å². The smallest absolute Gasteiger partial charge is 0.152 e. The zero-order valence-corrected chi connectivity index (χ0v) is 4.26. The zero-order valence-electron chi connectivity index (χ0n) is 4.26. The van der Waals surface area contributed by atoms with Crippen LogP contribution in [0.15, 0.2) is 15.2 Å². The van der Waals surface area contributed by atoms with Gasteiger partial charge >= 0.3 is 0 Å². The Morgan fingerprint density at radius 3 is 2.86 bits per heavy atom. The van der Waals surface area contributed by atoms with Gasteiger partial charge in [0.15, 0.2) is 6.67 Å². The van der Waals surface area contributed by atoms with Crippen LogP contribution in [0.3, 0.4) is 0 Å². The lowest BCUT2D eigenvalue weighted by atomic mass is 10.5. The normalized spacial score (nSPS) is 17.6. The second-order valence-corrected chi connectivity index (χ2v) is 1.31. The fraction of sp³-hybridized carbons (Fsp3) is 0.750. The fourth-order valence-electron chi connectivity index (χ4n) is 0.441. The molecule has 0 unspecified atom stereocenters. The summed E-state index contributed by atoms with van der Waals surface area (Å²) < 4.78 is 0. The average molecular weight is 97.1 g/mol. The number of hydrogen-bond donors (Lipinski definition) is 0. The summed E-state index contributed by atoms with van der Waals surface area (Å²) in [4.78, 5) is 3.94. The lowest BCUT2D eigenvalue weighted by Crippen LogP contribution is -1.82. The van der Waals surface area contributed by atoms with Crippen LogP contribution in [-0.4, -0.2) is 12.5 Å². The maximum absolute atomic E-state index is 3.94. The molecule has 1 heterocycles. The molecule has 0 radical (unpaired) electrons. The summed E-state index contributed by atoms with van der Waals surface area (Å²) in [5.41, 5.74) is 0. The highest BCUT2D eigenvalue weighted by Gasteiger charge is 1.94. The minimum absolute atomic E-state index is 0.545. The summed E-state index contributed by atoms with van der Waals surface area (Å²) >= 11 is 0. The average Bonchev–Trinajstić information content (AvgIpc) is 2.14. The molecule has 0 N–H and O–H groups in total. The van der Waals surface area contributed by atoms with Gasteiger partial charge in [-0.05, 0) is 0 Å². The van der Waals surface area contributed by atoms with Gasteiger partial charge < -0.3 is 0 Å². The minimum atomic E-state index is 0.545. The number of nitrogens with zero attached hydrogens (tertiary/aromatic N) is 3. The van der Waals surface area contributed by atoms with E-state index in [9.17, 15) is 0 Å². The van der Waals surface area contributed by atoms with Crippen molar-refractivity contribution in [2.24, 2.45) is 15.2 Å². The molecule has 38 valence electrons. The van der Waals surface area contributed by atoms with Crippen molar-refractivity contribution in [2.45, 2.75) is 13.3 Å². The van der Waals surface area contributed by atoms with E-state index in [2.05, 4.69) is 15.2 Å². The van der Waals surface area contributed by atoms with Gasteiger partial charge in [0.25, 0.3) is 0 Å².